The minimum absolute atomic E-state index is 0.224. The molecule has 1 aromatic heterocycles. The number of benzene rings is 2. The van der Waals surface area contributed by atoms with E-state index in [-0.39, 0.29) is 5.56 Å². The molecule has 0 spiro atoms. The zero-order chi connectivity index (χ0) is 18.5. The van der Waals surface area contributed by atoms with E-state index in [4.69, 9.17) is 22.1 Å². The quantitative estimate of drug-likeness (QED) is 0.515. The van der Waals surface area contributed by atoms with Crippen LogP contribution in [0.15, 0.2) is 53.6 Å². The molecular weight excluding hydrogens is 352 g/mol. The van der Waals surface area contributed by atoms with Crippen LogP contribution in [0.1, 0.15) is 27.3 Å². The number of aromatic amines is 1. The van der Waals surface area contributed by atoms with Crippen molar-refractivity contribution in [2.45, 2.75) is 6.42 Å². The van der Waals surface area contributed by atoms with Gasteiger partial charge in [0.05, 0.1) is 18.9 Å². The van der Waals surface area contributed by atoms with Crippen LogP contribution in [0.25, 0.3) is 0 Å². The fourth-order valence-corrected chi connectivity index (χ4v) is 2.52. The Labute approximate surface area is 154 Å². The molecule has 3 aromatic rings. The largest absolute Gasteiger partial charge is 0.497 e. The topological polar surface area (TPSA) is 92.5 Å². The van der Waals surface area contributed by atoms with Crippen LogP contribution in [0.5, 0.6) is 5.75 Å². The van der Waals surface area contributed by atoms with Crippen LogP contribution in [0, 0.1) is 4.77 Å². The first-order chi connectivity index (χ1) is 12.6. The van der Waals surface area contributed by atoms with Crippen LogP contribution >= 0.6 is 12.2 Å². The number of carboxylic acids is 1. The molecule has 0 aliphatic carbocycles. The average molecular weight is 368 g/mol. The number of carbonyl (C=O) groups is 1. The molecule has 132 valence electrons. The second-order valence-electron chi connectivity index (χ2n) is 5.45. The van der Waals surface area contributed by atoms with E-state index in [0.717, 1.165) is 16.9 Å². The minimum atomic E-state index is -0.965. The monoisotopic (exact) mass is 368 g/mol. The Morgan fingerprint density at radius 1 is 1.27 bits per heavy atom. The molecule has 2 aromatic carbocycles. The van der Waals surface area contributed by atoms with Gasteiger partial charge in [-0.1, -0.05) is 24.3 Å². The van der Waals surface area contributed by atoms with Gasteiger partial charge in [0.2, 0.25) is 4.77 Å². The number of nitrogens with one attached hydrogen (secondary N) is 1. The number of ether oxygens (including phenoxy) is 1. The third-order valence-electron chi connectivity index (χ3n) is 3.72. The first-order valence-corrected chi connectivity index (χ1v) is 8.14. The second kappa shape index (κ2) is 7.75. The first-order valence-electron chi connectivity index (χ1n) is 7.74. The Balaban J connectivity index is 1.80. The lowest BCUT2D eigenvalue weighted by Gasteiger charge is -2.03. The summed E-state index contributed by atoms with van der Waals surface area (Å²) in [7, 11) is 1.62. The zero-order valence-corrected chi connectivity index (χ0v) is 14.7. The van der Waals surface area contributed by atoms with Gasteiger partial charge in [-0.2, -0.15) is 14.9 Å². The summed E-state index contributed by atoms with van der Waals surface area (Å²) in [6.45, 7) is 0. The standard InChI is InChI=1S/C18H16N4O3S/c1-25-15-8-4-12(5-9-15)10-16-20-21-18(26)22(16)19-11-13-2-6-14(7-3-13)17(23)24/h2-9,11H,10H2,1H3,(H,21,26)(H,23,24)/b19-11-. The van der Waals surface area contributed by atoms with Crippen molar-refractivity contribution in [3.63, 3.8) is 0 Å². The van der Waals surface area contributed by atoms with Crippen molar-refractivity contribution < 1.29 is 14.6 Å². The Kier molecular flexibility index (Phi) is 5.23. The van der Waals surface area contributed by atoms with E-state index in [1.807, 2.05) is 24.3 Å². The first kappa shape index (κ1) is 17.6. The van der Waals surface area contributed by atoms with E-state index in [1.54, 1.807) is 30.1 Å². The van der Waals surface area contributed by atoms with Crippen LogP contribution in [-0.4, -0.2) is 39.3 Å². The molecule has 0 saturated carbocycles. The lowest BCUT2D eigenvalue weighted by molar-refractivity contribution is 0.0697. The van der Waals surface area contributed by atoms with E-state index in [1.165, 1.54) is 12.1 Å². The summed E-state index contributed by atoms with van der Waals surface area (Å²) in [5.74, 6) is 0.487. The molecule has 7 nitrogen and oxygen atoms in total. The Hall–Kier alpha value is -3.26. The van der Waals surface area contributed by atoms with Gasteiger partial charge in [-0.05, 0) is 47.6 Å². The highest BCUT2D eigenvalue weighted by molar-refractivity contribution is 7.71. The molecule has 0 bridgehead atoms. The summed E-state index contributed by atoms with van der Waals surface area (Å²) >= 11 is 5.23. The molecular formula is C18H16N4O3S. The number of aromatic nitrogens is 3. The molecule has 0 radical (unpaired) electrons. The van der Waals surface area contributed by atoms with Crippen LogP contribution in [-0.2, 0) is 6.42 Å². The van der Waals surface area contributed by atoms with E-state index in [9.17, 15) is 4.79 Å². The molecule has 0 aliphatic rings. The summed E-state index contributed by atoms with van der Waals surface area (Å²) < 4.78 is 7.08. The highest BCUT2D eigenvalue weighted by Gasteiger charge is 2.07. The van der Waals surface area contributed by atoms with Crippen LogP contribution in [0.2, 0.25) is 0 Å². The van der Waals surface area contributed by atoms with Gasteiger partial charge in [-0.25, -0.2) is 4.79 Å². The third kappa shape index (κ3) is 4.04. The maximum atomic E-state index is 10.9. The zero-order valence-electron chi connectivity index (χ0n) is 13.9. The number of hydrogen-bond donors (Lipinski definition) is 2. The normalized spacial score (nSPS) is 11.0. The Morgan fingerprint density at radius 2 is 1.96 bits per heavy atom. The summed E-state index contributed by atoms with van der Waals surface area (Å²) in [5, 5.41) is 20.3. The number of aromatic carboxylic acids is 1. The van der Waals surface area contributed by atoms with Gasteiger partial charge in [0.1, 0.15) is 5.75 Å². The average Bonchev–Trinajstić information content (AvgIpc) is 3.00. The smallest absolute Gasteiger partial charge is 0.335 e. The van der Waals surface area contributed by atoms with Crippen LogP contribution in [0.4, 0.5) is 0 Å². The molecule has 0 atom stereocenters. The predicted molar refractivity (Wildman–Crippen MR) is 99.6 cm³/mol. The van der Waals surface area contributed by atoms with Crippen molar-refractivity contribution in [3.05, 3.63) is 75.8 Å². The third-order valence-corrected chi connectivity index (χ3v) is 3.98. The number of carboxylic acid groups (broad SMARTS) is 1. The lowest BCUT2D eigenvalue weighted by Crippen LogP contribution is -2.01. The van der Waals surface area contributed by atoms with Crippen molar-refractivity contribution in [2.75, 3.05) is 7.11 Å². The van der Waals surface area contributed by atoms with Crippen molar-refractivity contribution in [2.24, 2.45) is 5.10 Å². The van der Waals surface area contributed by atoms with Gasteiger partial charge in [0, 0.05) is 6.42 Å². The molecule has 0 saturated heterocycles. The summed E-state index contributed by atoms with van der Waals surface area (Å²) in [6, 6.07) is 14.1. The number of nitrogens with zero attached hydrogens (tertiary/aromatic N) is 3. The SMILES string of the molecule is COc1ccc(Cc2n[nH]c(=S)n2/N=C\c2ccc(C(=O)O)cc2)cc1. The molecule has 8 heteroatoms. The molecule has 1 heterocycles. The molecule has 0 unspecified atom stereocenters. The van der Waals surface area contributed by atoms with E-state index in [2.05, 4.69) is 15.3 Å². The van der Waals surface area contributed by atoms with Crippen molar-refractivity contribution in [3.8, 4) is 5.75 Å². The number of hydrogen-bond acceptors (Lipinski definition) is 5. The fourth-order valence-electron chi connectivity index (χ4n) is 2.32. The number of H-pyrrole nitrogens is 1. The van der Waals surface area contributed by atoms with Crippen LogP contribution < -0.4 is 4.74 Å². The molecule has 2 N–H and O–H groups in total. The summed E-state index contributed by atoms with van der Waals surface area (Å²) in [6.07, 6.45) is 2.15. The molecule has 26 heavy (non-hydrogen) atoms. The highest BCUT2D eigenvalue weighted by atomic mass is 32.1. The van der Waals surface area contributed by atoms with E-state index in [0.29, 0.717) is 17.0 Å². The second-order valence-corrected chi connectivity index (χ2v) is 5.84. The maximum absolute atomic E-state index is 10.9. The maximum Gasteiger partial charge on any atom is 0.335 e. The molecule has 0 aliphatic heterocycles. The van der Waals surface area contributed by atoms with Gasteiger partial charge >= 0.3 is 5.97 Å². The van der Waals surface area contributed by atoms with Gasteiger partial charge < -0.3 is 9.84 Å². The Morgan fingerprint density at radius 3 is 2.58 bits per heavy atom. The van der Waals surface area contributed by atoms with Gasteiger partial charge in [0.25, 0.3) is 0 Å². The Bertz CT molecular complexity index is 989. The summed E-state index contributed by atoms with van der Waals surface area (Å²) in [4.78, 5) is 10.9. The van der Waals surface area contributed by atoms with Crippen molar-refractivity contribution in [1.82, 2.24) is 14.9 Å². The highest BCUT2D eigenvalue weighted by Crippen LogP contribution is 2.14. The lowest BCUT2D eigenvalue weighted by atomic mass is 10.1. The summed E-state index contributed by atoms with van der Waals surface area (Å²) in [5.41, 5.74) is 2.03. The van der Waals surface area contributed by atoms with Crippen molar-refractivity contribution in [1.29, 1.82) is 0 Å². The fraction of sp³-hybridized carbons (Fsp3) is 0.111. The van der Waals surface area contributed by atoms with Crippen molar-refractivity contribution >= 4 is 24.4 Å². The van der Waals surface area contributed by atoms with Gasteiger partial charge in [0.15, 0.2) is 5.82 Å². The molecule has 0 fully saturated rings. The van der Waals surface area contributed by atoms with E-state index < -0.39 is 5.97 Å². The van der Waals surface area contributed by atoms with Gasteiger partial charge in [-0.15, -0.1) is 0 Å². The molecule has 3 rings (SSSR count). The predicted octanol–water partition coefficient (Wildman–Crippen LogP) is 3.12. The minimum Gasteiger partial charge on any atom is -0.497 e. The number of rotatable bonds is 6. The van der Waals surface area contributed by atoms with Crippen LogP contribution in [0.3, 0.4) is 0 Å². The van der Waals surface area contributed by atoms with Gasteiger partial charge in [-0.3, -0.25) is 5.10 Å². The molecule has 0 amide bonds. The number of methoxy groups -OCH3 is 1. The van der Waals surface area contributed by atoms with E-state index >= 15 is 0 Å².